The number of rotatable bonds is 5. The number of nitrogens with one attached hydrogen (secondary N) is 1. The minimum absolute atomic E-state index is 0.0157. The number of hydrogen-bond donors (Lipinski definition) is 1. The Bertz CT molecular complexity index is 838. The van der Waals surface area contributed by atoms with Crippen LogP contribution in [0.1, 0.15) is 39.7 Å². The molecule has 2 unspecified atom stereocenters. The summed E-state index contributed by atoms with van der Waals surface area (Å²) in [4.78, 5) is 29.8. The number of anilines is 1. The Labute approximate surface area is 185 Å². The first-order chi connectivity index (χ1) is 14.0. The molecule has 2 aliphatic heterocycles. The maximum Gasteiger partial charge on any atom is 0.226 e. The molecule has 3 fully saturated rings. The first kappa shape index (κ1) is 21.6. The predicted octanol–water partition coefficient (Wildman–Crippen LogP) is 4.05. The largest absolute Gasteiger partial charge is 0.342 e. The second-order valence-electron chi connectivity index (χ2n) is 10.7. The molecule has 1 saturated carbocycles. The second-order valence-corrected chi connectivity index (χ2v) is 11.1. The number of nitrogens with zero attached hydrogens (tertiary/aromatic N) is 2. The van der Waals surface area contributed by atoms with Crippen LogP contribution in [0, 0.1) is 35.5 Å². The van der Waals surface area contributed by atoms with Crippen LogP contribution in [0.2, 0.25) is 5.02 Å². The number of likely N-dealkylation sites (tertiary alicyclic amines) is 2. The summed E-state index contributed by atoms with van der Waals surface area (Å²) in [7, 11) is 0. The molecule has 6 heteroatoms. The third-order valence-electron chi connectivity index (χ3n) is 8.25. The van der Waals surface area contributed by atoms with Gasteiger partial charge in [-0.25, -0.2) is 0 Å². The summed E-state index contributed by atoms with van der Waals surface area (Å²) in [5, 5.41) is 3.60. The molecule has 164 valence electrons. The van der Waals surface area contributed by atoms with Crippen LogP contribution in [0.3, 0.4) is 0 Å². The molecular weight excluding hydrogens is 398 g/mol. The molecule has 2 atom stereocenters. The van der Waals surface area contributed by atoms with Gasteiger partial charge < -0.3 is 15.1 Å². The molecule has 1 aliphatic carbocycles. The number of amides is 2. The van der Waals surface area contributed by atoms with Crippen molar-refractivity contribution in [1.29, 1.82) is 0 Å². The maximum absolute atomic E-state index is 13.0. The first-order valence-electron chi connectivity index (χ1n) is 11.1. The van der Waals surface area contributed by atoms with Crippen LogP contribution >= 0.6 is 11.6 Å². The maximum atomic E-state index is 13.0. The van der Waals surface area contributed by atoms with Gasteiger partial charge in [0.25, 0.3) is 0 Å². The molecular formula is C24H34ClN3O2. The van der Waals surface area contributed by atoms with Crippen molar-refractivity contribution in [2.75, 3.05) is 38.0 Å². The Morgan fingerprint density at radius 1 is 1.07 bits per heavy atom. The normalized spacial score (nSPS) is 27.2. The fraction of sp³-hybridized carbons (Fsp3) is 0.667. The van der Waals surface area contributed by atoms with E-state index < -0.39 is 0 Å². The van der Waals surface area contributed by atoms with Crippen molar-refractivity contribution in [3.05, 3.63) is 28.8 Å². The van der Waals surface area contributed by atoms with Gasteiger partial charge in [0.2, 0.25) is 11.8 Å². The van der Waals surface area contributed by atoms with Crippen molar-refractivity contribution >= 4 is 29.1 Å². The minimum atomic E-state index is 0.0157. The van der Waals surface area contributed by atoms with E-state index in [1.165, 1.54) is 0 Å². The van der Waals surface area contributed by atoms with E-state index in [2.05, 4.69) is 42.8 Å². The number of carbonyl (C=O) groups is 2. The molecule has 0 aromatic heterocycles. The number of halogens is 1. The van der Waals surface area contributed by atoms with E-state index >= 15 is 0 Å². The van der Waals surface area contributed by atoms with Gasteiger partial charge in [0.15, 0.2) is 0 Å². The van der Waals surface area contributed by atoms with E-state index in [9.17, 15) is 9.59 Å². The zero-order chi connectivity index (χ0) is 21.8. The molecule has 2 saturated heterocycles. The number of benzene rings is 1. The highest BCUT2D eigenvalue weighted by Gasteiger charge is 2.69. The average molecular weight is 432 g/mol. The molecule has 30 heavy (non-hydrogen) atoms. The lowest BCUT2D eigenvalue weighted by Gasteiger charge is -2.22. The highest BCUT2D eigenvalue weighted by atomic mass is 35.5. The average Bonchev–Trinajstić information content (AvgIpc) is 3.03. The summed E-state index contributed by atoms with van der Waals surface area (Å²) in [5.74, 6) is 1.60. The van der Waals surface area contributed by atoms with Gasteiger partial charge in [-0.15, -0.1) is 0 Å². The number of hydrogen-bond acceptors (Lipinski definition) is 3. The van der Waals surface area contributed by atoms with Crippen LogP contribution in [-0.4, -0.2) is 54.3 Å². The van der Waals surface area contributed by atoms with Crippen molar-refractivity contribution in [3.8, 4) is 0 Å². The minimum Gasteiger partial charge on any atom is -0.342 e. The summed E-state index contributed by atoms with van der Waals surface area (Å²) in [6, 6.07) is 5.59. The van der Waals surface area contributed by atoms with Crippen LogP contribution in [-0.2, 0) is 9.59 Å². The molecule has 4 rings (SSSR count). The van der Waals surface area contributed by atoms with Crippen LogP contribution < -0.4 is 5.32 Å². The highest BCUT2D eigenvalue weighted by Crippen LogP contribution is 2.69. The summed E-state index contributed by atoms with van der Waals surface area (Å²) in [6.07, 6.45) is 0.470. The van der Waals surface area contributed by atoms with Crippen LogP contribution in [0.5, 0.6) is 0 Å². The SMILES string of the molecule is Cc1ccc(NC(=O)CCN2CC3CN(C(=O)C4C(C)(C)C4(C)C)CC3C2)cc1Cl. The van der Waals surface area contributed by atoms with Gasteiger partial charge in [-0.3, -0.25) is 9.59 Å². The van der Waals surface area contributed by atoms with E-state index in [0.717, 1.165) is 44.0 Å². The monoisotopic (exact) mass is 431 g/mol. The Hall–Kier alpha value is -1.59. The Balaban J connectivity index is 1.22. The van der Waals surface area contributed by atoms with Crippen LogP contribution in [0.25, 0.3) is 0 Å². The summed E-state index contributed by atoms with van der Waals surface area (Å²) >= 11 is 6.13. The van der Waals surface area contributed by atoms with E-state index in [4.69, 9.17) is 11.6 Å². The number of fused-ring (bicyclic) bond motifs is 1. The quantitative estimate of drug-likeness (QED) is 0.765. The standard InChI is InChI=1S/C24H34ClN3O2/c1-15-6-7-18(10-19(15)25)26-20(29)8-9-27-11-16-13-28(14-17(16)12-27)22(30)21-23(2,3)24(21,4)5/h6-7,10,16-17,21H,8-9,11-14H2,1-5H3,(H,26,29). The summed E-state index contributed by atoms with van der Waals surface area (Å²) in [6.45, 7) is 15.3. The third kappa shape index (κ3) is 3.75. The first-order valence-corrected chi connectivity index (χ1v) is 11.5. The second kappa shape index (κ2) is 7.52. The smallest absolute Gasteiger partial charge is 0.226 e. The molecule has 0 bridgehead atoms. The van der Waals surface area contributed by atoms with E-state index in [1.807, 2.05) is 19.1 Å². The van der Waals surface area contributed by atoms with Gasteiger partial charge >= 0.3 is 0 Å². The molecule has 0 radical (unpaired) electrons. The van der Waals surface area contributed by atoms with Gasteiger partial charge in [-0.1, -0.05) is 45.4 Å². The topological polar surface area (TPSA) is 52.7 Å². The molecule has 2 amide bonds. The molecule has 2 heterocycles. The molecule has 3 aliphatic rings. The van der Waals surface area contributed by atoms with Crippen molar-refractivity contribution in [2.24, 2.45) is 28.6 Å². The van der Waals surface area contributed by atoms with Crippen molar-refractivity contribution < 1.29 is 9.59 Å². The van der Waals surface area contributed by atoms with Crippen molar-refractivity contribution in [2.45, 2.75) is 41.0 Å². The lowest BCUT2D eigenvalue weighted by atomic mass is 10.0. The third-order valence-corrected chi connectivity index (χ3v) is 8.66. The fourth-order valence-corrected chi connectivity index (χ4v) is 5.78. The zero-order valence-electron chi connectivity index (χ0n) is 18.8. The Morgan fingerprint density at radius 3 is 2.20 bits per heavy atom. The van der Waals surface area contributed by atoms with E-state index in [0.29, 0.717) is 29.2 Å². The molecule has 5 nitrogen and oxygen atoms in total. The van der Waals surface area contributed by atoms with E-state index in [1.54, 1.807) is 6.07 Å². The Morgan fingerprint density at radius 2 is 1.67 bits per heavy atom. The predicted molar refractivity (Wildman–Crippen MR) is 120 cm³/mol. The fourth-order valence-electron chi connectivity index (χ4n) is 5.60. The summed E-state index contributed by atoms with van der Waals surface area (Å²) < 4.78 is 0. The summed E-state index contributed by atoms with van der Waals surface area (Å²) in [5.41, 5.74) is 1.94. The van der Waals surface area contributed by atoms with Crippen molar-refractivity contribution in [1.82, 2.24) is 9.80 Å². The van der Waals surface area contributed by atoms with Gasteiger partial charge in [-0.2, -0.15) is 0 Å². The molecule has 1 N–H and O–H groups in total. The van der Waals surface area contributed by atoms with E-state index in [-0.39, 0.29) is 22.7 Å². The Kier molecular flexibility index (Phi) is 5.43. The van der Waals surface area contributed by atoms with Crippen molar-refractivity contribution in [3.63, 3.8) is 0 Å². The zero-order valence-corrected chi connectivity index (χ0v) is 19.6. The molecule has 1 aromatic rings. The van der Waals surface area contributed by atoms with Gasteiger partial charge in [0.05, 0.1) is 0 Å². The highest BCUT2D eigenvalue weighted by molar-refractivity contribution is 6.31. The van der Waals surface area contributed by atoms with Crippen LogP contribution in [0.15, 0.2) is 18.2 Å². The van der Waals surface area contributed by atoms with Gasteiger partial charge in [0.1, 0.15) is 0 Å². The van der Waals surface area contributed by atoms with Gasteiger partial charge in [-0.05, 0) is 47.3 Å². The van der Waals surface area contributed by atoms with Gasteiger partial charge in [0, 0.05) is 55.8 Å². The lowest BCUT2D eigenvalue weighted by molar-refractivity contribution is -0.133. The molecule has 1 aromatic carbocycles. The lowest BCUT2D eigenvalue weighted by Crippen LogP contribution is -2.36. The van der Waals surface area contributed by atoms with Crippen LogP contribution in [0.4, 0.5) is 5.69 Å². The molecule has 0 spiro atoms. The number of aryl methyl sites for hydroxylation is 1. The number of carbonyl (C=O) groups excluding carboxylic acids is 2.